The lowest BCUT2D eigenvalue weighted by Crippen LogP contribution is -2.38. The zero-order valence-electron chi connectivity index (χ0n) is 10.2. The van der Waals surface area contributed by atoms with Crippen molar-refractivity contribution in [3.63, 3.8) is 0 Å². The third-order valence-electron chi connectivity index (χ3n) is 3.54. The first-order chi connectivity index (χ1) is 8.22. The van der Waals surface area contributed by atoms with E-state index in [1.807, 2.05) is 6.07 Å². The van der Waals surface area contributed by atoms with Crippen LogP contribution in [0, 0.1) is 5.21 Å². The Bertz CT molecular complexity index is 378. The molecule has 0 aliphatic heterocycles. The predicted molar refractivity (Wildman–Crippen MR) is 70.3 cm³/mol. The summed E-state index contributed by atoms with van der Waals surface area (Å²) >= 11 is 5.75. The summed E-state index contributed by atoms with van der Waals surface area (Å²) in [6.45, 7) is 3.07. The molecule has 1 heterocycles. The lowest BCUT2D eigenvalue weighted by atomic mass is 9.94. The second kappa shape index (κ2) is 5.58. The van der Waals surface area contributed by atoms with Crippen LogP contribution in [0.15, 0.2) is 18.3 Å². The van der Waals surface area contributed by atoms with Crippen LogP contribution in [0.25, 0.3) is 0 Å². The van der Waals surface area contributed by atoms with E-state index in [9.17, 15) is 5.21 Å². The van der Waals surface area contributed by atoms with Crippen molar-refractivity contribution in [1.82, 2.24) is 0 Å². The first-order valence-electron chi connectivity index (χ1n) is 6.37. The van der Waals surface area contributed by atoms with Crippen LogP contribution in [0.4, 0.5) is 5.69 Å². The van der Waals surface area contributed by atoms with Crippen molar-refractivity contribution in [2.24, 2.45) is 0 Å². The Morgan fingerprint density at radius 2 is 2.06 bits per heavy atom. The van der Waals surface area contributed by atoms with Gasteiger partial charge in [0.25, 0.3) is 5.15 Å². The second-order valence-electron chi connectivity index (χ2n) is 4.61. The molecule has 0 radical (unpaired) electrons. The maximum atomic E-state index is 11.5. The molecule has 1 aromatic heterocycles. The Kier molecular flexibility index (Phi) is 4.11. The highest BCUT2D eigenvalue weighted by Gasteiger charge is 2.21. The highest BCUT2D eigenvalue weighted by Crippen LogP contribution is 2.26. The van der Waals surface area contributed by atoms with Gasteiger partial charge in [0.15, 0.2) is 0 Å². The Hall–Kier alpha value is -0.960. The molecule has 0 aromatic carbocycles. The summed E-state index contributed by atoms with van der Waals surface area (Å²) < 4.78 is 0.738. The van der Waals surface area contributed by atoms with Gasteiger partial charge in [0.2, 0.25) is 6.20 Å². The van der Waals surface area contributed by atoms with Crippen LogP contribution in [-0.4, -0.2) is 12.6 Å². The van der Waals surface area contributed by atoms with E-state index in [-0.39, 0.29) is 5.15 Å². The van der Waals surface area contributed by atoms with Crippen molar-refractivity contribution in [3.8, 4) is 0 Å². The van der Waals surface area contributed by atoms with Gasteiger partial charge in [0.05, 0.1) is 0 Å². The molecule has 0 amide bonds. The van der Waals surface area contributed by atoms with Gasteiger partial charge in [-0.3, -0.25) is 0 Å². The van der Waals surface area contributed by atoms with E-state index in [1.54, 1.807) is 12.3 Å². The van der Waals surface area contributed by atoms with Crippen molar-refractivity contribution in [2.75, 3.05) is 11.4 Å². The molecule has 0 spiro atoms. The van der Waals surface area contributed by atoms with Gasteiger partial charge < -0.3 is 10.1 Å². The van der Waals surface area contributed by atoms with Crippen LogP contribution in [0.2, 0.25) is 5.15 Å². The molecule has 17 heavy (non-hydrogen) atoms. The molecule has 0 atom stereocenters. The van der Waals surface area contributed by atoms with Gasteiger partial charge >= 0.3 is 0 Å². The zero-order valence-corrected chi connectivity index (χ0v) is 11.0. The summed E-state index contributed by atoms with van der Waals surface area (Å²) in [5.74, 6) is 0. The van der Waals surface area contributed by atoms with Crippen molar-refractivity contribution in [1.29, 1.82) is 0 Å². The minimum atomic E-state index is 0.230. The molecule has 1 aromatic rings. The number of hydrogen-bond acceptors (Lipinski definition) is 2. The summed E-state index contributed by atoms with van der Waals surface area (Å²) in [4.78, 5) is 2.32. The van der Waals surface area contributed by atoms with E-state index in [0.717, 1.165) is 17.0 Å². The fourth-order valence-electron chi connectivity index (χ4n) is 2.67. The summed E-state index contributed by atoms with van der Waals surface area (Å²) in [7, 11) is 0. The maximum Gasteiger partial charge on any atom is 0.286 e. The van der Waals surface area contributed by atoms with Gasteiger partial charge in [-0.05, 0) is 37.4 Å². The minimum absolute atomic E-state index is 0.230. The standard InChI is InChI=1S/C13H19ClN2O/c1-2-15(11-6-4-3-5-7-11)12-8-9-13(14)16(17)10-12/h8-11H,2-7H2,1H3. The highest BCUT2D eigenvalue weighted by atomic mass is 35.5. The smallest absolute Gasteiger partial charge is 0.286 e. The molecule has 0 unspecified atom stereocenters. The average molecular weight is 255 g/mol. The molecule has 94 valence electrons. The van der Waals surface area contributed by atoms with Gasteiger partial charge in [-0.25, -0.2) is 0 Å². The average Bonchev–Trinajstić information content (AvgIpc) is 2.36. The first kappa shape index (κ1) is 12.5. The van der Waals surface area contributed by atoms with Crippen LogP contribution < -0.4 is 9.63 Å². The van der Waals surface area contributed by atoms with Crippen LogP contribution in [0.5, 0.6) is 0 Å². The van der Waals surface area contributed by atoms with Crippen molar-refractivity contribution < 1.29 is 4.73 Å². The number of hydrogen-bond donors (Lipinski definition) is 0. The number of pyridine rings is 1. The van der Waals surface area contributed by atoms with Gasteiger partial charge in [-0.15, -0.1) is 0 Å². The van der Waals surface area contributed by atoms with Gasteiger partial charge in [-0.2, -0.15) is 4.73 Å². The molecule has 1 aliphatic rings. The van der Waals surface area contributed by atoms with Crippen LogP contribution in [0.3, 0.4) is 0 Å². The number of aromatic nitrogens is 1. The van der Waals surface area contributed by atoms with Crippen LogP contribution >= 0.6 is 11.6 Å². The quantitative estimate of drug-likeness (QED) is 0.471. The molecular formula is C13H19ClN2O. The third-order valence-corrected chi connectivity index (χ3v) is 3.83. The maximum absolute atomic E-state index is 11.5. The number of anilines is 1. The highest BCUT2D eigenvalue weighted by molar-refractivity contribution is 6.28. The predicted octanol–water partition coefficient (Wildman–Crippen LogP) is 3.13. The van der Waals surface area contributed by atoms with Crippen LogP contribution in [-0.2, 0) is 0 Å². The van der Waals surface area contributed by atoms with Gasteiger partial charge in [0.1, 0.15) is 5.69 Å². The van der Waals surface area contributed by atoms with Crippen LogP contribution in [0.1, 0.15) is 39.0 Å². The van der Waals surface area contributed by atoms with E-state index in [2.05, 4.69) is 11.8 Å². The fourth-order valence-corrected chi connectivity index (χ4v) is 2.78. The topological polar surface area (TPSA) is 30.2 Å². The van der Waals surface area contributed by atoms with E-state index in [0.29, 0.717) is 6.04 Å². The Morgan fingerprint density at radius 3 is 2.65 bits per heavy atom. The van der Waals surface area contributed by atoms with E-state index < -0.39 is 0 Å². The summed E-state index contributed by atoms with van der Waals surface area (Å²) in [5.41, 5.74) is 0.985. The lowest BCUT2D eigenvalue weighted by molar-refractivity contribution is -0.602. The second-order valence-corrected chi connectivity index (χ2v) is 5.00. The van der Waals surface area contributed by atoms with Gasteiger partial charge in [0, 0.05) is 18.7 Å². The van der Waals surface area contributed by atoms with Crippen molar-refractivity contribution in [2.45, 2.75) is 45.1 Å². The molecule has 1 fully saturated rings. The normalized spacial score (nSPS) is 17.1. The molecule has 0 saturated heterocycles. The van der Waals surface area contributed by atoms with E-state index in [4.69, 9.17) is 11.6 Å². The largest absolute Gasteiger partial charge is 0.618 e. The van der Waals surface area contributed by atoms with Crippen molar-refractivity contribution in [3.05, 3.63) is 28.7 Å². The SMILES string of the molecule is CCN(c1ccc(Cl)[n+]([O-])c1)C1CCCCC1. The van der Waals surface area contributed by atoms with E-state index in [1.165, 1.54) is 32.1 Å². The number of rotatable bonds is 3. The summed E-state index contributed by atoms with van der Waals surface area (Å²) in [6, 6.07) is 4.19. The Balaban J connectivity index is 2.18. The first-order valence-corrected chi connectivity index (χ1v) is 6.75. The van der Waals surface area contributed by atoms with E-state index >= 15 is 0 Å². The molecule has 0 bridgehead atoms. The number of halogens is 1. The Morgan fingerprint density at radius 1 is 1.35 bits per heavy atom. The molecule has 1 aliphatic carbocycles. The summed E-state index contributed by atoms with van der Waals surface area (Å²) in [6.07, 6.45) is 7.99. The lowest BCUT2D eigenvalue weighted by Gasteiger charge is -2.34. The minimum Gasteiger partial charge on any atom is -0.618 e. The molecule has 2 rings (SSSR count). The molecule has 0 N–H and O–H groups in total. The summed E-state index contributed by atoms with van der Waals surface area (Å²) in [5, 5.41) is 11.7. The van der Waals surface area contributed by atoms with Gasteiger partial charge in [-0.1, -0.05) is 19.3 Å². The Labute approximate surface area is 108 Å². The zero-order chi connectivity index (χ0) is 12.3. The van der Waals surface area contributed by atoms with Crippen molar-refractivity contribution >= 4 is 17.3 Å². The molecule has 4 heteroatoms. The molecule has 1 saturated carbocycles. The molecule has 3 nitrogen and oxygen atoms in total. The monoisotopic (exact) mass is 254 g/mol. The third kappa shape index (κ3) is 2.83. The number of nitrogens with zero attached hydrogens (tertiary/aromatic N) is 2. The molecular weight excluding hydrogens is 236 g/mol. The fraction of sp³-hybridized carbons (Fsp3) is 0.615.